The number of halogens is 1. The largest absolute Gasteiger partial charge is 0.310 e. The van der Waals surface area contributed by atoms with E-state index in [0.29, 0.717) is 0 Å². The maximum absolute atomic E-state index is 8.75. The van der Waals surface area contributed by atoms with Gasteiger partial charge in [-0.2, -0.15) is 0 Å². The van der Waals surface area contributed by atoms with Crippen LogP contribution >= 0.6 is 0 Å². The fraction of sp³-hybridized carbons (Fsp3) is 0. The fourth-order valence-corrected chi connectivity index (χ4v) is 11.8. The molecular formula is C74H51FN2. The van der Waals surface area contributed by atoms with Crippen LogP contribution in [-0.4, -0.2) is 1.45 Å². The van der Waals surface area contributed by atoms with E-state index >= 15 is 0 Å². The average molecular weight is 988 g/mol. The summed E-state index contributed by atoms with van der Waals surface area (Å²) in [7, 11) is 0. The molecule has 0 radical (unpaired) electrons. The molecule has 364 valence electrons. The molecular weight excluding hydrogens is 936 g/mol. The summed E-state index contributed by atoms with van der Waals surface area (Å²) in [5.74, 6) is 0. The van der Waals surface area contributed by atoms with E-state index in [9.17, 15) is 0 Å². The predicted molar refractivity (Wildman–Crippen MR) is 329 cm³/mol. The second kappa shape index (κ2) is 20.0. The topological polar surface area (TPSA) is 6.48 Å². The molecule has 0 amide bonds. The number of fused-ring (bicyclic) bond motifs is 4. The van der Waals surface area contributed by atoms with E-state index in [-0.39, 0.29) is 0 Å². The molecule has 0 saturated carbocycles. The second-order valence-corrected chi connectivity index (χ2v) is 19.6. The first-order valence-corrected chi connectivity index (χ1v) is 26.2. The van der Waals surface area contributed by atoms with Crippen LogP contribution in [0.1, 0.15) is 0 Å². The molecule has 0 aliphatic carbocycles. The number of hydrogen-bond acceptors (Lipinski definition) is 2. The van der Waals surface area contributed by atoms with E-state index < -0.39 is 0 Å². The molecule has 0 heterocycles. The third kappa shape index (κ3) is 8.32. The minimum atomic E-state index is 1.14. The van der Waals surface area contributed by atoms with Gasteiger partial charge < -0.3 is 9.80 Å². The van der Waals surface area contributed by atoms with E-state index in [4.69, 9.17) is 4.72 Å². The first kappa shape index (κ1) is 45.5. The van der Waals surface area contributed by atoms with Crippen molar-refractivity contribution >= 4 is 110 Å². The van der Waals surface area contributed by atoms with Gasteiger partial charge in [0, 0.05) is 33.5 Å². The van der Waals surface area contributed by atoms with Crippen molar-refractivity contribution in [2.24, 2.45) is 0 Å². The van der Waals surface area contributed by atoms with Crippen molar-refractivity contribution in [3.8, 4) is 22.3 Å². The fourth-order valence-electron chi connectivity index (χ4n) is 11.8. The molecule has 77 heavy (non-hydrogen) atoms. The van der Waals surface area contributed by atoms with Gasteiger partial charge in [-0.1, -0.05) is 231 Å². The Labute approximate surface area is 448 Å². The molecule has 0 spiro atoms. The molecule has 15 rings (SSSR count). The van der Waals surface area contributed by atoms with Crippen molar-refractivity contribution in [3.63, 3.8) is 0 Å². The summed E-state index contributed by atoms with van der Waals surface area (Å²) in [6.07, 6.45) is 0. The van der Waals surface area contributed by atoms with Crippen molar-refractivity contribution in [1.82, 2.24) is 0 Å². The smallest absolute Gasteiger partial charge is 0.269 e. The quantitative estimate of drug-likeness (QED) is 0.111. The normalized spacial score (nSPS) is 11.4. The van der Waals surface area contributed by atoms with Crippen molar-refractivity contribution < 1.29 is 4.72 Å². The molecule has 0 aliphatic heterocycles. The Balaban J connectivity index is 0.000000147. The maximum atomic E-state index is 8.75. The van der Waals surface area contributed by atoms with Crippen LogP contribution in [0.25, 0.3) is 97.7 Å². The average Bonchev–Trinajstić information content (AvgIpc) is 3.61. The van der Waals surface area contributed by atoms with Gasteiger partial charge in [0.15, 0.2) is 0 Å². The zero-order chi connectivity index (χ0) is 52.4. The summed E-state index contributed by atoms with van der Waals surface area (Å²) in [6, 6.07) is 109. The van der Waals surface area contributed by atoms with Crippen LogP contribution in [0.2, 0.25) is 0 Å². The standard InChI is InChI=1S/C40H28N2.C34H22.FH/c1-5-13-31(14-6-1)41(32-15-7-2-8-16-32)37-27-23-29-22-26-36-38(28-24-30-21-25-35(37)39(29)40(30)36)42(33-17-9-3-10-18-33)34-19-11-4-12-20-34;1-3-11-25-21-27(19-17-23(25)9-1)33-29-13-5-7-15-31(29)34(32-16-8-6-14-30(32)33)28-20-18-24-10-2-4-12-26(24)22-28;/h1-28H;1-22H;1H/i/hD. The third-order valence-electron chi connectivity index (χ3n) is 15.2. The molecule has 0 aliphatic rings. The minimum absolute atomic E-state index is 1.14. The SMILES string of the molecule is [2H]F.c1ccc(N(c2ccccc2)c2ccc3ccc4c(N(c5ccccc5)c5ccccc5)ccc5ccc2c3c54)cc1.c1ccc2cc(-c3c4ccccc4c(-c4ccc5ccccc5c4)c4ccccc34)ccc2c1. The van der Waals surface area contributed by atoms with Crippen LogP contribution in [-0.2, 0) is 0 Å². The molecule has 15 aromatic rings. The Hall–Kier alpha value is -10.1. The van der Waals surface area contributed by atoms with Gasteiger partial charge in [-0.15, -0.1) is 0 Å². The van der Waals surface area contributed by atoms with Crippen LogP contribution in [0, 0.1) is 0 Å². The zero-order valence-electron chi connectivity index (χ0n) is 43.1. The van der Waals surface area contributed by atoms with Gasteiger partial charge in [-0.3, -0.25) is 4.72 Å². The molecule has 2 nitrogen and oxygen atoms in total. The lowest BCUT2D eigenvalue weighted by atomic mass is 9.85. The highest BCUT2D eigenvalue weighted by molar-refractivity contribution is 6.28. The van der Waals surface area contributed by atoms with Gasteiger partial charge in [0.05, 0.1) is 11.4 Å². The van der Waals surface area contributed by atoms with Crippen LogP contribution in [0.15, 0.2) is 303 Å². The van der Waals surface area contributed by atoms with Crippen LogP contribution in [0.5, 0.6) is 0 Å². The van der Waals surface area contributed by atoms with Gasteiger partial charge >= 0.3 is 0 Å². The molecule has 0 aromatic heterocycles. The number of hydrogen-bond donors (Lipinski definition) is 0. The molecule has 15 aromatic carbocycles. The van der Waals surface area contributed by atoms with Gasteiger partial charge in [-0.05, 0) is 160 Å². The monoisotopic (exact) mass is 987 g/mol. The summed E-state index contributed by atoms with van der Waals surface area (Å²) >= 11 is 0. The molecule has 0 bridgehead atoms. The maximum Gasteiger partial charge on any atom is 0.269 e. The first-order chi connectivity index (χ1) is 38.7. The number of rotatable bonds is 8. The first-order valence-electron chi connectivity index (χ1n) is 26.5. The summed E-state index contributed by atoms with van der Waals surface area (Å²) in [6.45, 7) is 0. The van der Waals surface area contributed by atoms with E-state index in [1.54, 1.807) is 0 Å². The molecule has 0 N–H and O–H groups in total. The predicted octanol–water partition coefficient (Wildman–Crippen LogP) is 21.3. The number of benzene rings is 15. The molecule has 0 atom stereocenters. The summed E-state index contributed by atoms with van der Waals surface area (Å²) in [4.78, 5) is 4.74. The van der Waals surface area contributed by atoms with E-state index in [1.165, 1.54) is 109 Å². The Morgan fingerprint density at radius 1 is 0.221 bits per heavy atom. The number of para-hydroxylation sites is 4. The van der Waals surface area contributed by atoms with Crippen LogP contribution < -0.4 is 9.80 Å². The Kier molecular flexibility index (Phi) is 11.8. The molecule has 0 saturated heterocycles. The van der Waals surface area contributed by atoms with Crippen molar-refractivity contribution in [1.29, 1.82) is 1.45 Å². The van der Waals surface area contributed by atoms with Crippen LogP contribution in [0.3, 0.4) is 0 Å². The lowest BCUT2D eigenvalue weighted by Gasteiger charge is -2.29. The summed E-state index contributed by atoms with van der Waals surface area (Å²) < 4.78 is 13.0. The van der Waals surface area contributed by atoms with E-state index in [1.807, 2.05) is 0 Å². The Bertz CT molecular complexity index is 4160. The second-order valence-electron chi connectivity index (χ2n) is 19.6. The molecule has 3 heteroatoms. The van der Waals surface area contributed by atoms with Gasteiger partial charge in [0.2, 0.25) is 0 Å². The molecule has 0 unspecified atom stereocenters. The summed E-state index contributed by atoms with van der Waals surface area (Å²) in [5, 5.41) is 17.8. The molecule has 0 fully saturated rings. The van der Waals surface area contributed by atoms with Gasteiger partial charge in [0.25, 0.3) is 1.45 Å². The highest BCUT2D eigenvalue weighted by atomic mass is 19.0. The zero-order valence-corrected chi connectivity index (χ0v) is 42.1. The highest BCUT2D eigenvalue weighted by Crippen LogP contribution is 2.48. The van der Waals surface area contributed by atoms with Crippen molar-refractivity contribution in [2.45, 2.75) is 0 Å². The lowest BCUT2D eigenvalue weighted by molar-refractivity contribution is 1.11. The lowest BCUT2D eigenvalue weighted by Crippen LogP contribution is -2.11. The van der Waals surface area contributed by atoms with Crippen molar-refractivity contribution in [2.75, 3.05) is 9.80 Å². The third-order valence-corrected chi connectivity index (χ3v) is 15.2. The summed E-state index contributed by atoms with van der Waals surface area (Å²) in [5.41, 5.74) is 12.0. The van der Waals surface area contributed by atoms with E-state index in [0.717, 1.165) is 22.7 Å². The minimum Gasteiger partial charge on any atom is -0.310 e. The Morgan fingerprint density at radius 3 is 0.831 bits per heavy atom. The van der Waals surface area contributed by atoms with Gasteiger partial charge in [-0.25, -0.2) is 0 Å². The van der Waals surface area contributed by atoms with E-state index in [2.05, 4.69) is 315 Å². The Morgan fingerprint density at radius 2 is 0.494 bits per heavy atom. The highest BCUT2D eigenvalue weighted by Gasteiger charge is 2.22. The number of nitrogens with zero attached hydrogens (tertiary/aromatic N) is 2. The van der Waals surface area contributed by atoms with Gasteiger partial charge in [0.1, 0.15) is 0 Å². The van der Waals surface area contributed by atoms with Crippen LogP contribution in [0.4, 0.5) is 38.8 Å². The van der Waals surface area contributed by atoms with Crippen molar-refractivity contribution in [3.05, 3.63) is 303 Å². The number of anilines is 6.